The van der Waals surface area contributed by atoms with Crippen molar-refractivity contribution >= 4 is 23.2 Å². The topological polar surface area (TPSA) is 46.4 Å². The monoisotopic (exact) mass is 223 g/mol. The number of hydrogen-bond donors (Lipinski definition) is 1. The molecule has 0 saturated heterocycles. The van der Waals surface area contributed by atoms with Crippen LogP contribution in [0.5, 0.6) is 0 Å². The average molecular weight is 224 g/mol. The maximum atomic E-state index is 10.7. The van der Waals surface area contributed by atoms with Gasteiger partial charge < -0.3 is 9.72 Å². The Morgan fingerprint density at radius 1 is 1.53 bits per heavy atom. The lowest BCUT2D eigenvalue weighted by atomic mass is 10.4. The summed E-state index contributed by atoms with van der Waals surface area (Å²) in [6.07, 6.45) is 3.62. The zero-order chi connectivity index (χ0) is 10.8. The molecule has 0 aromatic carbocycles. The quantitative estimate of drug-likeness (QED) is 0.841. The van der Waals surface area contributed by atoms with Gasteiger partial charge in [-0.05, 0) is 12.1 Å². The SMILES string of the molecule is CC(=O)NCc1cn2cc(Cl)ccc2n1. The van der Waals surface area contributed by atoms with E-state index in [1.54, 1.807) is 12.3 Å². The maximum absolute atomic E-state index is 10.7. The third-order valence-electron chi connectivity index (χ3n) is 1.98. The van der Waals surface area contributed by atoms with Gasteiger partial charge in [-0.1, -0.05) is 11.6 Å². The summed E-state index contributed by atoms with van der Waals surface area (Å²) in [5, 5.41) is 3.35. The molecule has 1 amide bonds. The van der Waals surface area contributed by atoms with Gasteiger partial charge in [0.1, 0.15) is 5.65 Å². The minimum Gasteiger partial charge on any atom is -0.351 e. The Morgan fingerprint density at radius 2 is 2.33 bits per heavy atom. The summed E-state index contributed by atoms with van der Waals surface area (Å²) in [4.78, 5) is 15.0. The third kappa shape index (κ3) is 2.27. The molecule has 0 bridgehead atoms. The van der Waals surface area contributed by atoms with Crippen LogP contribution >= 0.6 is 11.6 Å². The second-order valence-electron chi connectivity index (χ2n) is 3.25. The van der Waals surface area contributed by atoms with Crippen molar-refractivity contribution in [2.45, 2.75) is 13.5 Å². The number of imidazole rings is 1. The Morgan fingerprint density at radius 3 is 3.07 bits per heavy atom. The van der Waals surface area contributed by atoms with E-state index in [1.807, 2.05) is 16.7 Å². The Labute approximate surface area is 91.9 Å². The van der Waals surface area contributed by atoms with E-state index in [9.17, 15) is 4.79 Å². The lowest BCUT2D eigenvalue weighted by molar-refractivity contribution is -0.119. The van der Waals surface area contributed by atoms with E-state index < -0.39 is 0 Å². The van der Waals surface area contributed by atoms with Crippen molar-refractivity contribution in [3.8, 4) is 0 Å². The first-order chi connectivity index (χ1) is 7.15. The van der Waals surface area contributed by atoms with Crippen molar-refractivity contribution in [1.29, 1.82) is 0 Å². The molecule has 0 spiro atoms. The van der Waals surface area contributed by atoms with Crippen LogP contribution in [0.15, 0.2) is 24.5 Å². The highest BCUT2D eigenvalue weighted by molar-refractivity contribution is 6.30. The van der Waals surface area contributed by atoms with Crippen molar-refractivity contribution in [2.24, 2.45) is 0 Å². The normalized spacial score (nSPS) is 10.5. The van der Waals surface area contributed by atoms with Gasteiger partial charge in [-0.2, -0.15) is 0 Å². The smallest absolute Gasteiger partial charge is 0.217 e. The Kier molecular flexibility index (Phi) is 2.60. The third-order valence-corrected chi connectivity index (χ3v) is 2.21. The van der Waals surface area contributed by atoms with E-state index >= 15 is 0 Å². The average Bonchev–Trinajstić information content (AvgIpc) is 2.56. The number of carbonyl (C=O) groups is 1. The van der Waals surface area contributed by atoms with E-state index in [-0.39, 0.29) is 5.91 Å². The number of amides is 1. The predicted molar refractivity (Wildman–Crippen MR) is 57.7 cm³/mol. The van der Waals surface area contributed by atoms with Gasteiger partial charge in [-0.3, -0.25) is 4.79 Å². The van der Waals surface area contributed by atoms with E-state index in [2.05, 4.69) is 10.3 Å². The molecule has 0 aliphatic carbocycles. The van der Waals surface area contributed by atoms with Crippen LogP contribution in [-0.4, -0.2) is 15.3 Å². The minimum absolute atomic E-state index is 0.0647. The van der Waals surface area contributed by atoms with Crippen LogP contribution in [0.2, 0.25) is 5.02 Å². The van der Waals surface area contributed by atoms with Crippen molar-refractivity contribution in [2.75, 3.05) is 0 Å². The molecule has 2 aromatic heterocycles. The molecule has 78 valence electrons. The largest absolute Gasteiger partial charge is 0.351 e. The van der Waals surface area contributed by atoms with E-state index in [4.69, 9.17) is 11.6 Å². The number of hydrogen-bond acceptors (Lipinski definition) is 2. The summed E-state index contributed by atoms with van der Waals surface area (Å²) in [6, 6.07) is 3.62. The number of rotatable bonds is 2. The lowest BCUT2D eigenvalue weighted by Gasteiger charge is -1.95. The van der Waals surface area contributed by atoms with Crippen LogP contribution < -0.4 is 5.32 Å². The van der Waals surface area contributed by atoms with Gasteiger partial charge in [-0.15, -0.1) is 0 Å². The Hall–Kier alpha value is -1.55. The van der Waals surface area contributed by atoms with Crippen LogP contribution in [-0.2, 0) is 11.3 Å². The van der Waals surface area contributed by atoms with E-state index in [0.29, 0.717) is 11.6 Å². The molecule has 2 heterocycles. The number of aromatic nitrogens is 2. The summed E-state index contributed by atoms with van der Waals surface area (Å²) in [5.41, 5.74) is 1.63. The number of fused-ring (bicyclic) bond motifs is 1. The molecule has 2 rings (SSSR count). The van der Waals surface area contributed by atoms with E-state index in [0.717, 1.165) is 11.3 Å². The summed E-state index contributed by atoms with van der Waals surface area (Å²) in [6.45, 7) is 1.92. The first-order valence-corrected chi connectivity index (χ1v) is 4.90. The van der Waals surface area contributed by atoms with Crippen molar-refractivity contribution in [3.63, 3.8) is 0 Å². The molecule has 5 heteroatoms. The Bertz CT molecular complexity index is 506. The van der Waals surface area contributed by atoms with Crippen LogP contribution in [0, 0.1) is 0 Å². The summed E-state index contributed by atoms with van der Waals surface area (Å²) < 4.78 is 1.83. The molecular formula is C10H10ClN3O. The summed E-state index contributed by atoms with van der Waals surface area (Å²) in [7, 11) is 0. The fourth-order valence-corrected chi connectivity index (χ4v) is 1.49. The van der Waals surface area contributed by atoms with Crippen LogP contribution in [0.4, 0.5) is 0 Å². The Balaban J connectivity index is 2.27. The van der Waals surface area contributed by atoms with Gasteiger partial charge >= 0.3 is 0 Å². The number of halogens is 1. The molecule has 0 atom stereocenters. The highest BCUT2D eigenvalue weighted by atomic mass is 35.5. The van der Waals surface area contributed by atoms with Gasteiger partial charge in [0.2, 0.25) is 5.91 Å². The number of pyridine rings is 1. The van der Waals surface area contributed by atoms with Crippen LogP contribution in [0.3, 0.4) is 0 Å². The standard InChI is InChI=1S/C10H10ClN3O/c1-7(15)12-4-9-6-14-5-8(11)2-3-10(14)13-9/h2-3,5-6H,4H2,1H3,(H,12,15). The lowest BCUT2D eigenvalue weighted by Crippen LogP contribution is -2.18. The highest BCUT2D eigenvalue weighted by Gasteiger charge is 2.02. The van der Waals surface area contributed by atoms with Gasteiger partial charge in [0.25, 0.3) is 0 Å². The number of nitrogens with zero attached hydrogens (tertiary/aromatic N) is 2. The molecule has 0 saturated carbocycles. The number of carbonyl (C=O) groups excluding carboxylic acids is 1. The zero-order valence-electron chi connectivity index (χ0n) is 8.20. The van der Waals surface area contributed by atoms with Crippen molar-refractivity contribution in [1.82, 2.24) is 14.7 Å². The van der Waals surface area contributed by atoms with Crippen molar-refractivity contribution < 1.29 is 4.79 Å². The molecule has 0 aliphatic heterocycles. The molecular weight excluding hydrogens is 214 g/mol. The molecule has 0 unspecified atom stereocenters. The predicted octanol–water partition coefficient (Wildman–Crippen LogP) is 1.62. The fourth-order valence-electron chi connectivity index (χ4n) is 1.32. The first-order valence-electron chi connectivity index (χ1n) is 4.53. The van der Waals surface area contributed by atoms with Crippen LogP contribution in [0.25, 0.3) is 5.65 Å². The molecule has 0 fully saturated rings. The first kappa shape index (κ1) is 9.98. The second kappa shape index (κ2) is 3.90. The molecule has 2 aromatic rings. The summed E-state index contributed by atoms with van der Waals surface area (Å²) in [5.74, 6) is -0.0647. The molecule has 0 aliphatic rings. The van der Waals surface area contributed by atoms with Gasteiger partial charge in [0.15, 0.2) is 0 Å². The molecule has 1 N–H and O–H groups in total. The zero-order valence-corrected chi connectivity index (χ0v) is 8.95. The molecule has 15 heavy (non-hydrogen) atoms. The van der Waals surface area contributed by atoms with Crippen molar-refractivity contribution in [3.05, 3.63) is 35.2 Å². The summed E-state index contributed by atoms with van der Waals surface area (Å²) >= 11 is 5.84. The van der Waals surface area contributed by atoms with Crippen LogP contribution in [0.1, 0.15) is 12.6 Å². The van der Waals surface area contributed by atoms with E-state index in [1.165, 1.54) is 6.92 Å². The maximum Gasteiger partial charge on any atom is 0.217 e. The molecule has 0 radical (unpaired) electrons. The van der Waals surface area contributed by atoms with Gasteiger partial charge in [0.05, 0.1) is 17.3 Å². The minimum atomic E-state index is -0.0647. The fraction of sp³-hybridized carbons (Fsp3) is 0.200. The van der Waals surface area contributed by atoms with Gasteiger partial charge in [-0.25, -0.2) is 4.98 Å². The van der Waals surface area contributed by atoms with Gasteiger partial charge in [0, 0.05) is 19.3 Å². The molecule has 4 nitrogen and oxygen atoms in total. The highest BCUT2D eigenvalue weighted by Crippen LogP contribution is 2.11. The second-order valence-corrected chi connectivity index (χ2v) is 3.69. The number of nitrogens with one attached hydrogen (secondary N) is 1.